The first-order chi connectivity index (χ1) is 7.93. The Bertz CT molecular complexity index is 318. The van der Waals surface area contributed by atoms with Crippen molar-refractivity contribution in [2.24, 2.45) is 11.3 Å². The predicted octanol–water partition coefficient (Wildman–Crippen LogP) is 3.79. The molecule has 1 saturated carbocycles. The van der Waals surface area contributed by atoms with Gasteiger partial charge in [0.05, 0.1) is 11.5 Å². The van der Waals surface area contributed by atoms with Crippen LogP contribution in [0.1, 0.15) is 52.4 Å². The molecule has 0 spiro atoms. The van der Waals surface area contributed by atoms with Crippen molar-refractivity contribution in [3.63, 3.8) is 0 Å². The van der Waals surface area contributed by atoms with Gasteiger partial charge in [-0.25, -0.2) is 8.42 Å². The zero-order chi connectivity index (χ0) is 12.9. The smallest absolute Gasteiger partial charge is 0.151 e. The summed E-state index contributed by atoms with van der Waals surface area (Å²) in [4.78, 5) is 0. The first kappa shape index (κ1) is 15.5. The van der Waals surface area contributed by atoms with Crippen molar-refractivity contribution in [2.75, 3.05) is 16.8 Å². The van der Waals surface area contributed by atoms with Crippen LogP contribution in [0.2, 0.25) is 0 Å². The van der Waals surface area contributed by atoms with Crippen LogP contribution >= 0.6 is 15.9 Å². The van der Waals surface area contributed by atoms with Crippen LogP contribution in [-0.2, 0) is 9.84 Å². The van der Waals surface area contributed by atoms with Gasteiger partial charge in [-0.3, -0.25) is 0 Å². The largest absolute Gasteiger partial charge is 0.229 e. The van der Waals surface area contributed by atoms with E-state index in [1.54, 1.807) is 0 Å². The van der Waals surface area contributed by atoms with E-state index in [9.17, 15) is 8.42 Å². The lowest BCUT2D eigenvalue weighted by atomic mass is 9.77. The second kappa shape index (κ2) is 6.55. The van der Waals surface area contributed by atoms with E-state index in [0.29, 0.717) is 11.5 Å². The molecule has 1 aliphatic rings. The predicted molar refractivity (Wildman–Crippen MR) is 77.4 cm³/mol. The van der Waals surface area contributed by atoms with Crippen molar-refractivity contribution in [1.29, 1.82) is 0 Å². The molecule has 4 heteroatoms. The minimum absolute atomic E-state index is 0.0184. The van der Waals surface area contributed by atoms with Gasteiger partial charge >= 0.3 is 0 Å². The molecule has 0 amide bonds. The minimum atomic E-state index is -2.89. The lowest BCUT2D eigenvalue weighted by Gasteiger charge is -2.35. The monoisotopic (exact) mass is 324 g/mol. The molecule has 0 aromatic rings. The number of sulfone groups is 1. The summed E-state index contributed by atoms with van der Waals surface area (Å²) in [6.45, 7) is 4.08. The summed E-state index contributed by atoms with van der Waals surface area (Å²) in [6.07, 6.45) is 6.71. The van der Waals surface area contributed by atoms with E-state index >= 15 is 0 Å². The molecule has 1 rings (SSSR count). The first-order valence-corrected chi connectivity index (χ1v) is 9.64. The fraction of sp³-hybridized carbons (Fsp3) is 1.00. The van der Waals surface area contributed by atoms with Gasteiger partial charge < -0.3 is 0 Å². The highest BCUT2D eigenvalue weighted by Gasteiger charge is 2.35. The Kier molecular flexibility index (Phi) is 5.97. The van der Waals surface area contributed by atoms with Crippen LogP contribution in [0.15, 0.2) is 0 Å². The highest BCUT2D eigenvalue weighted by Crippen LogP contribution is 2.39. The molecule has 0 aromatic carbocycles. The number of hydrogen-bond acceptors (Lipinski definition) is 2. The van der Waals surface area contributed by atoms with E-state index < -0.39 is 9.84 Å². The molecule has 1 unspecified atom stereocenters. The van der Waals surface area contributed by atoms with Gasteiger partial charge in [0.25, 0.3) is 0 Å². The highest BCUT2D eigenvalue weighted by atomic mass is 79.9. The summed E-state index contributed by atoms with van der Waals surface area (Å²) in [6, 6.07) is 0. The molecule has 102 valence electrons. The lowest BCUT2D eigenvalue weighted by Crippen LogP contribution is -2.35. The van der Waals surface area contributed by atoms with E-state index in [4.69, 9.17) is 0 Å². The zero-order valence-electron chi connectivity index (χ0n) is 11.0. The zero-order valence-corrected chi connectivity index (χ0v) is 13.4. The quantitative estimate of drug-likeness (QED) is 0.696. The Morgan fingerprint density at radius 1 is 1.24 bits per heavy atom. The van der Waals surface area contributed by atoms with E-state index in [1.165, 1.54) is 19.3 Å². The number of halogens is 1. The summed E-state index contributed by atoms with van der Waals surface area (Å²) < 4.78 is 24.4. The van der Waals surface area contributed by atoms with Crippen molar-refractivity contribution in [3.8, 4) is 0 Å². The molecule has 0 bridgehead atoms. The SMILES string of the molecule is CCC(C)CS(=O)(=O)CC1(CBr)CCCCC1. The third kappa shape index (κ3) is 4.90. The minimum Gasteiger partial charge on any atom is -0.229 e. The van der Waals surface area contributed by atoms with Gasteiger partial charge in [0, 0.05) is 5.33 Å². The summed E-state index contributed by atoms with van der Waals surface area (Å²) in [5, 5.41) is 0.833. The molecule has 0 radical (unpaired) electrons. The van der Waals surface area contributed by atoms with Gasteiger partial charge in [0.1, 0.15) is 0 Å². The molecule has 0 aromatic heterocycles. The molecule has 0 aliphatic heterocycles. The van der Waals surface area contributed by atoms with Gasteiger partial charge in [-0.15, -0.1) is 0 Å². The maximum atomic E-state index is 12.2. The van der Waals surface area contributed by atoms with Gasteiger partial charge in [0.2, 0.25) is 0 Å². The maximum absolute atomic E-state index is 12.2. The molecule has 1 fully saturated rings. The van der Waals surface area contributed by atoms with E-state index in [2.05, 4.69) is 22.9 Å². The molecule has 0 saturated heterocycles. The van der Waals surface area contributed by atoms with Crippen molar-refractivity contribution in [1.82, 2.24) is 0 Å². The fourth-order valence-corrected chi connectivity index (χ4v) is 6.26. The summed E-state index contributed by atoms with van der Waals surface area (Å²) in [7, 11) is -2.89. The Morgan fingerprint density at radius 2 is 1.82 bits per heavy atom. The number of alkyl halides is 1. The Balaban J connectivity index is 2.66. The fourth-order valence-electron chi connectivity index (χ4n) is 2.70. The molecule has 1 aliphatic carbocycles. The van der Waals surface area contributed by atoms with Gasteiger partial charge in [0.15, 0.2) is 9.84 Å². The summed E-state index contributed by atoms with van der Waals surface area (Å²) >= 11 is 3.54. The van der Waals surface area contributed by atoms with E-state index in [-0.39, 0.29) is 11.3 Å². The normalized spacial score (nSPS) is 22.3. The topological polar surface area (TPSA) is 34.1 Å². The van der Waals surface area contributed by atoms with Gasteiger partial charge in [-0.1, -0.05) is 55.5 Å². The average molecular weight is 325 g/mol. The van der Waals surface area contributed by atoms with Crippen molar-refractivity contribution in [3.05, 3.63) is 0 Å². The molecule has 0 heterocycles. The molecular weight excluding hydrogens is 300 g/mol. The molecule has 17 heavy (non-hydrogen) atoms. The van der Waals surface area contributed by atoms with Gasteiger partial charge in [-0.05, 0) is 24.2 Å². The Morgan fingerprint density at radius 3 is 2.29 bits per heavy atom. The molecule has 0 N–H and O–H groups in total. The second-order valence-electron chi connectivity index (χ2n) is 5.76. The van der Waals surface area contributed by atoms with Crippen LogP contribution in [0, 0.1) is 11.3 Å². The highest BCUT2D eigenvalue weighted by molar-refractivity contribution is 9.09. The van der Waals surface area contributed by atoms with Crippen molar-refractivity contribution >= 4 is 25.8 Å². The van der Waals surface area contributed by atoms with Crippen LogP contribution < -0.4 is 0 Å². The van der Waals surface area contributed by atoms with Crippen LogP contribution in [0.25, 0.3) is 0 Å². The summed E-state index contributed by atoms with van der Waals surface area (Å²) in [5.74, 6) is 1.03. The van der Waals surface area contributed by atoms with E-state index in [1.807, 2.05) is 6.92 Å². The molecule has 1 atom stereocenters. The van der Waals surface area contributed by atoms with Crippen LogP contribution in [-0.4, -0.2) is 25.3 Å². The number of hydrogen-bond donors (Lipinski definition) is 0. The lowest BCUT2D eigenvalue weighted by molar-refractivity contribution is 0.255. The standard InChI is InChI=1S/C13H25BrO2S/c1-3-12(2)9-17(15,16)11-13(10-14)7-5-4-6-8-13/h12H,3-11H2,1-2H3. The first-order valence-electron chi connectivity index (χ1n) is 6.69. The average Bonchev–Trinajstić information content (AvgIpc) is 2.28. The van der Waals surface area contributed by atoms with E-state index in [0.717, 1.165) is 24.6 Å². The Hall–Kier alpha value is 0.430. The third-order valence-corrected chi connectivity index (χ3v) is 7.28. The molecule has 2 nitrogen and oxygen atoms in total. The van der Waals surface area contributed by atoms with Gasteiger partial charge in [-0.2, -0.15) is 0 Å². The van der Waals surface area contributed by atoms with Crippen LogP contribution in [0.3, 0.4) is 0 Å². The van der Waals surface area contributed by atoms with Crippen molar-refractivity contribution in [2.45, 2.75) is 52.4 Å². The Labute approximate surface area is 115 Å². The van der Waals surface area contributed by atoms with Crippen molar-refractivity contribution < 1.29 is 8.42 Å². The van der Waals surface area contributed by atoms with Crippen LogP contribution in [0.5, 0.6) is 0 Å². The third-order valence-electron chi connectivity index (χ3n) is 3.96. The van der Waals surface area contributed by atoms with Crippen LogP contribution in [0.4, 0.5) is 0 Å². The molecular formula is C13H25BrO2S. The summed E-state index contributed by atoms with van der Waals surface area (Å²) in [5.41, 5.74) is 0.0184. The second-order valence-corrected chi connectivity index (χ2v) is 8.43. The maximum Gasteiger partial charge on any atom is 0.151 e. The number of rotatable bonds is 6.